The summed E-state index contributed by atoms with van der Waals surface area (Å²) in [6, 6.07) is 0. The first-order valence-electron chi connectivity index (χ1n) is 3.66. The van der Waals surface area contributed by atoms with Crippen molar-refractivity contribution in [3.05, 3.63) is 0 Å². The number of hydrogen-bond acceptors (Lipinski definition) is 3. The molecular formula is C6H18N2OSi. The van der Waals surface area contributed by atoms with Crippen LogP contribution < -0.4 is 11.5 Å². The van der Waals surface area contributed by atoms with E-state index in [1.807, 2.05) is 20.4 Å². The normalized spacial score (nSPS) is 23.4. The first-order valence-corrected chi connectivity index (χ1v) is 6.26. The van der Waals surface area contributed by atoms with E-state index in [-0.39, 0.29) is 11.3 Å². The molecule has 0 rings (SSSR count). The van der Waals surface area contributed by atoms with E-state index in [0.717, 1.165) is 6.42 Å². The van der Waals surface area contributed by atoms with Gasteiger partial charge in [0.1, 0.15) is 0 Å². The van der Waals surface area contributed by atoms with Crippen LogP contribution in [0.4, 0.5) is 0 Å². The lowest BCUT2D eigenvalue weighted by molar-refractivity contribution is 0.489. The van der Waals surface area contributed by atoms with Crippen LogP contribution in [0.1, 0.15) is 20.3 Å². The van der Waals surface area contributed by atoms with Gasteiger partial charge in [0, 0.05) is 11.3 Å². The highest BCUT2D eigenvalue weighted by molar-refractivity contribution is 6.74. The van der Waals surface area contributed by atoms with E-state index in [1.165, 1.54) is 0 Å². The zero-order valence-electron chi connectivity index (χ0n) is 6.96. The summed E-state index contributed by atoms with van der Waals surface area (Å²) in [5.41, 5.74) is 11.0. The first kappa shape index (κ1) is 10.1. The number of hydrogen-bond donors (Lipinski definition) is 3. The van der Waals surface area contributed by atoms with Crippen LogP contribution in [0.5, 0.6) is 0 Å². The average molecular weight is 162 g/mol. The minimum absolute atomic E-state index is 0.0903. The molecule has 62 valence electrons. The van der Waals surface area contributed by atoms with Crippen molar-refractivity contribution in [1.29, 1.82) is 0 Å². The van der Waals surface area contributed by atoms with Gasteiger partial charge >= 0.3 is 0 Å². The molecule has 4 heteroatoms. The standard InChI is InChI=1S/C6H18N2OSi/c1-4-6(8)10(3,9)5(2)7/h5-6,9H,4,7-8H2,1-3H3. The Labute approximate surface area is 63.5 Å². The van der Waals surface area contributed by atoms with Crippen molar-refractivity contribution in [3.63, 3.8) is 0 Å². The topological polar surface area (TPSA) is 72.3 Å². The monoisotopic (exact) mass is 162 g/mol. The van der Waals surface area contributed by atoms with Gasteiger partial charge in [-0.05, 0) is 13.0 Å². The van der Waals surface area contributed by atoms with E-state index in [2.05, 4.69) is 0 Å². The fourth-order valence-corrected chi connectivity index (χ4v) is 2.25. The van der Waals surface area contributed by atoms with Crippen molar-refractivity contribution in [2.45, 2.75) is 38.1 Å². The summed E-state index contributed by atoms with van der Waals surface area (Å²) >= 11 is 0. The Balaban J connectivity index is 4.09. The van der Waals surface area contributed by atoms with Crippen LogP contribution in [0.15, 0.2) is 0 Å². The van der Waals surface area contributed by atoms with Gasteiger partial charge in [0.15, 0.2) is 0 Å². The average Bonchev–Trinajstić information content (AvgIpc) is 1.86. The van der Waals surface area contributed by atoms with Crippen LogP contribution in [-0.2, 0) is 0 Å². The molecule has 0 fully saturated rings. The quantitative estimate of drug-likeness (QED) is 0.500. The summed E-state index contributed by atoms with van der Waals surface area (Å²) < 4.78 is 0. The van der Waals surface area contributed by atoms with Crippen LogP contribution >= 0.6 is 0 Å². The molecule has 0 saturated heterocycles. The van der Waals surface area contributed by atoms with E-state index in [0.29, 0.717) is 0 Å². The van der Waals surface area contributed by atoms with Crippen LogP contribution in [-0.4, -0.2) is 24.4 Å². The van der Waals surface area contributed by atoms with Gasteiger partial charge in [-0.15, -0.1) is 0 Å². The predicted octanol–water partition coefficient (Wildman–Crippen LogP) is -0.283. The third kappa shape index (κ3) is 2.05. The lowest BCUT2D eigenvalue weighted by Crippen LogP contribution is -2.61. The van der Waals surface area contributed by atoms with Crippen LogP contribution in [0, 0.1) is 0 Å². The Bertz CT molecular complexity index is 106. The van der Waals surface area contributed by atoms with E-state index < -0.39 is 8.32 Å². The lowest BCUT2D eigenvalue weighted by atomic mass is 10.5. The first-order chi connectivity index (χ1) is 4.42. The third-order valence-electron chi connectivity index (χ3n) is 2.11. The van der Waals surface area contributed by atoms with Gasteiger partial charge in [0.2, 0.25) is 8.32 Å². The molecule has 0 radical (unpaired) electrons. The Kier molecular flexibility index (Phi) is 3.51. The van der Waals surface area contributed by atoms with E-state index in [4.69, 9.17) is 11.5 Å². The summed E-state index contributed by atoms with van der Waals surface area (Å²) in [7, 11) is -2.33. The fraction of sp³-hybridized carbons (Fsp3) is 1.00. The molecule has 0 bridgehead atoms. The summed E-state index contributed by atoms with van der Waals surface area (Å²) in [6.45, 7) is 5.60. The van der Waals surface area contributed by atoms with Gasteiger partial charge in [0.05, 0.1) is 0 Å². The molecule has 3 unspecified atom stereocenters. The highest BCUT2D eigenvalue weighted by atomic mass is 28.4. The van der Waals surface area contributed by atoms with Crippen molar-refractivity contribution in [2.75, 3.05) is 0 Å². The molecular weight excluding hydrogens is 144 g/mol. The van der Waals surface area contributed by atoms with Crippen molar-refractivity contribution in [3.8, 4) is 0 Å². The molecule has 5 N–H and O–H groups in total. The predicted molar refractivity (Wildman–Crippen MR) is 45.8 cm³/mol. The molecule has 0 aromatic rings. The van der Waals surface area contributed by atoms with E-state index >= 15 is 0 Å². The molecule has 10 heavy (non-hydrogen) atoms. The Hall–Kier alpha value is 0.0969. The minimum Gasteiger partial charge on any atom is -0.429 e. The molecule has 3 atom stereocenters. The Morgan fingerprint density at radius 2 is 1.90 bits per heavy atom. The second kappa shape index (κ2) is 3.48. The Morgan fingerprint density at radius 1 is 1.50 bits per heavy atom. The SMILES string of the molecule is CCC(N)[Si](C)(O)C(C)N. The molecule has 0 aromatic carbocycles. The summed E-state index contributed by atoms with van der Waals surface area (Å²) in [5.74, 6) is 0. The fourth-order valence-electron chi connectivity index (χ4n) is 0.751. The Morgan fingerprint density at radius 3 is 2.00 bits per heavy atom. The molecule has 0 saturated carbocycles. The number of nitrogens with two attached hydrogens (primary N) is 2. The van der Waals surface area contributed by atoms with Crippen LogP contribution in [0.2, 0.25) is 6.55 Å². The van der Waals surface area contributed by atoms with Crippen molar-refractivity contribution in [1.82, 2.24) is 0 Å². The zero-order chi connectivity index (χ0) is 8.36. The summed E-state index contributed by atoms with van der Waals surface area (Å²) in [6.07, 6.45) is 0.806. The molecule has 0 heterocycles. The molecule has 0 aliphatic carbocycles. The van der Waals surface area contributed by atoms with Gasteiger partial charge in [-0.2, -0.15) is 0 Å². The smallest absolute Gasteiger partial charge is 0.217 e. The van der Waals surface area contributed by atoms with Crippen molar-refractivity contribution in [2.24, 2.45) is 11.5 Å². The molecule has 0 aliphatic heterocycles. The second-order valence-corrected chi connectivity index (χ2v) is 7.13. The summed E-state index contributed by atoms with van der Waals surface area (Å²) in [4.78, 5) is 9.75. The molecule has 0 amide bonds. The molecule has 0 aliphatic rings. The minimum atomic E-state index is -2.33. The van der Waals surface area contributed by atoms with Gasteiger partial charge in [0.25, 0.3) is 0 Å². The number of rotatable bonds is 3. The second-order valence-electron chi connectivity index (χ2n) is 3.03. The maximum atomic E-state index is 9.75. The lowest BCUT2D eigenvalue weighted by Gasteiger charge is -2.29. The molecule has 0 spiro atoms. The highest BCUT2D eigenvalue weighted by Gasteiger charge is 2.35. The van der Waals surface area contributed by atoms with Crippen molar-refractivity contribution < 1.29 is 4.80 Å². The van der Waals surface area contributed by atoms with E-state index in [9.17, 15) is 4.80 Å². The van der Waals surface area contributed by atoms with Gasteiger partial charge in [-0.1, -0.05) is 13.8 Å². The van der Waals surface area contributed by atoms with Crippen molar-refractivity contribution >= 4 is 8.32 Å². The largest absolute Gasteiger partial charge is 0.429 e. The van der Waals surface area contributed by atoms with E-state index in [1.54, 1.807) is 0 Å². The van der Waals surface area contributed by atoms with Gasteiger partial charge in [-0.3, -0.25) is 0 Å². The highest BCUT2D eigenvalue weighted by Crippen LogP contribution is 2.08. The van der Waals surface area contributed by atoms with Gasteiger partial charge in [-0.25, -0.2) is 0 Å². The van der Waals surface area contributed by atoms with Gasteiger partial charge < -0.3 is 16.3 Å². The van der Waals surface area contributed by atoms with Crippen LogP contribution in [0.25, 0.3) is 0 Å². The maximum absolute atomic E-state index is 9.75. The third-order valence-corrected chi connectivity index (χ3v) is 5.87. The molecule has 0 aromatic heterocycles. The molecule has 3 nitrogen and oxygen atoms in total. The zero-order valence-corrected chi connectivity index (χ0v) is 7.96. The maximum Gasteiger partial charge on any atom is 0.217 e. The van der Waals surface area contributed by atoms with Crippen LogP contribution in [0.3, 0.4) is 0 Å². The summed E-state index contributed by atoms with van der Waals surface area (Å²) in [5, 5.41) is 0.